The van der Waals surface area contributed by atoms with E-state index in [9.17, 15) is 4.39 Å². The highest BCUT2D eigenvalue weighted by molar-refractivity contribution is 5.40. The zero-order chi connectivity index (χ0) is 11.7. The zero-order valence-electron chi connectivity index (χ0n) is 9.84. The van der Waals surface area contributed by atoms with Crippen LogP contribution >= 0.6 is 0 Å². The summed E-state index contributed by atoms with van der Waals surface area (Å²) in [4.78, 5) is 2.29. The highest BCUT2D eigenvalue weighted by atomic mass is 19.1. The highest BCUT2D eigenvalue weighted by Gasteiger charge is 2.18. The normalized spacial score (nSPS) is 20.1. The van der Waals surface area contributed by atoms with Crippen molar-refractivity contribution in [2.45, 2.75) is 13.0 Å². The lowest BCUT2D eigenvalue weighted by atomic mass is 10.1. The molecule has 3 nitrogen and oxygen atoms in total. The third-order valence-corrected chi connectivity index (χ3v) is 3.46. The lowest BCUT2D eigenvalue weighted by Gasteiger charge is -2.27. The Morgan fingerprint density at radius 1 is 1.29 bits per heavy atom. The van der Waals surface area contributed by atoms with Crippen LogP contribution in [0.15, 0.2) is 12.1 Å². The molecule has 3 rings (SSSR count). The van der Waals surface area contributed by atoms with Gasteiger partial charge in [0.25, 0.3) is 0 Å². The van der Waals surface area contributed by atoms with Gasteiger partial charge in [0.1, 0.15) is 11.6 Å². The second kappa shape index (κ2) is 4.63. The van der Waals surface area contributed by atoms with E-state index in [-0.39, 0.29) is 5.82 Å². The van der Waals surface area contributed by atoms with Crippen molar-refractivity contribution in [3.8, 4) is 5.75 Å². The van der Waals surface area contributed by atoms with Crippen molar-refractivity contribution >= 4 is 0 Å². The van der Waals surface area contributed by atoms with E-state index in [0.717, 1.165) is 49.5 Å². The molecule has 17 heavy (non-hydrogen) atoms. The number of rotatable bonds is 2. The summed E-state index contributed by atoms with van der Waals surface area (Å²) in [6.45, 7) is 5.37. The SMILES string of the molecule is Fc1cc2c(cc1CN1CCNCC1)CCO2. The maximum atomic E-state index is 13.9. The Morgan fingerprint density at radius 2 is 2.12 bits per heavy atom. The fourth-order valence-electron chi connectivity index (χ4n) is 2.48. The van der Waals surface area contributed by atoms with Gasteiger partial charge in [-0.3, -0.25) is 4.90 Å². The predicted molar refractivity (Wildman–Crippen MR) is 63.7 cm³/mol. The first-order valence-corrected chi connectivity index (χ1v) is 6.20. The van der Waals surface area contributed by atoms with Gasteiger partial charge < -0.3 is 10.1 Å². The molecule has 0 radical (unpaired) electrons. The van der Waals surface area contributed by atoms with E-state index in [2.05, 4.69) is 10.2 Å². The molecule has 0 spiro atoms. The summed E-state index contributed by atoms with van der Waals surface area (Å²) < 4.78 is 19.2. The van der Waals surface area contributed by atoms with Crippen LogP contribution < -0.4 is 10.1 Å². The minimum Gasteiger partial charge on any atom is -0.493 e. The number of halogens is 1. The number of fused-ring (bicyclic) bond motifs is 1. The summed E-state index contributed by atoms with van der Waals surface area (Å²) in [6.07, 6.45) is 0.907. The Balaban J connectivity index is 1.78. The van der Waals surface area contributed by atoms with E-state index in [4.69, 9.17) is 4.74 Å². The predicted octanol–water partition coefficient (Wildman–Crippen LogP) is 1.17. The molecule has 0 unspecified atom stereocenters. The molecular weight excluding hydrogens is 219 g/mol. The average molecular weight is 236 g/mol. The van der Waals surface area contributed by atoms with E-state index < -0.39 is 0 Å². The largest absolute Gasteiger partial charge is 0.493 e. The minimum absolute atomic E-state index is 0.135. The molecule has 1 aromatic rings. The summed E-state index contributed by atoms with van der Waals surface area (Å²) in [7, 11) is 0. The molecule has 2 aliphatic heterocycles. The molecule has 1 N–H and O–H groups in total. The van der Waals surface area contributed by atoms with Crippen LogP contribution in [-0.4, -0.2) is 37.7 Å². The van der Waals surface area contributed by atoms with E-state index in [0.29, 0.717) is 13.2 Å². The molecule has 0 aliphatic carbocycles. The number of benzene rings is 1. The summed E-state index contributed by atoms with van der Waals surface area (Å²) in [5, 5.41) is 3.30. The maximum Gasteiger partial charge on any atom is 0.131 e. The molecule has 0 saturated carbocycles. The summed E-state index contributed by atoms with van der Waals surface area (Å²) in [5.41, 5.74) is 1.95. The van der Waals surface area contributed by atoms with Crippen molar-refractivity contribution in [3.63, 3.8) is 0 Å². The van der Waals surface area contributed by atoms with Gasteiger partial charge in [-0.1, -0.05) is 0 Å². The van der Waals surface area contributed by atoms with Crippen LogP contribution in [0.25, 0.3) is 0 Å². The Kier molecular flexibility index (Phi) is 2.99. The highest BCUT2D eigenvalue weighted by Crippen LogP contribution is 2.28. The van der Waals surface area contributed by atoms with Crippen molar-refractivity contribution in [3.05, 3.63) is 29.1 Å². The monoisotopic (exact) mass is 236 g/mol. The maximum absolute atomic E-state index is 13.9. The molecule has 2 heterocycles. The van der Waals surface area contributed by atoms with Crippen molar-refractivity contribution in [1.82, 2.24) is 10.2 Å². The van der Waals surface area contributed by atoms with Crippen molar-refractivity contribution < 1.29 is 9.13 Å². The van der Waals surface area contributed by atoms with Gasteiger partial charge in [0, 0.05) is 50.8 Å². The molecule has 4 heteroatoms. The number of hydrogen-bond donors (Lipinski definition) is 1. The minimum atomic E-state index is -0.135. The van der Waals surface area contributed by atoms with Crippen LogP contribution in [-0.2, 0) is 13.0 Å². The second-order valence-electron chi connectivity index (χ2n) is 4.68. The van der Waals surface area contributed by atoms with Gasteiger partial charge in [-0.2, -0.15) is 0 Å². The van der Waals surface area contributed by atoms with E-state index in [1.165, 1.54) is 0 Å². The average Bonchev–Trinajstić information content (AvgIpc) is 2.78. The first kappa shape index (κ1) is 11.0. The first-order valence-electron chi connectivity index (χ1n) is 6.20. The second-order valence-corrected chi connectivity index (χ2v) is 4.68. The van der Waals surface area contributed by atoms with Gasteiger partial charge in [-0.15, -0.1) is 0 Å². The fraction of sp³-hybridized carbons (Fsp3) is 0.538. The first-order chi connectivity index (χ1) is 8.33. The van der Waals surface area contributed by atoms with Crippen LogP contribution in [0.1, 0.15) is 11.1 Å². The van der Waals surface area contributed by atoms with Gasteiger partial charge in [0.05, 0.1) is 6.61 Å². The van der Waals surface area contributed by atoms with Crippen molar-refractivity contribution in [1.29, 1.82) is 0 Å². The van der Waals surface area contributed by atoms with Gasteiger partial charge in [0.15, 0.2) is 0 Å². The standard InChI is InChI=1S/C13H17FN2O/c14-12-8-13-10(1-6-17-13)7-11(12)9-16-4-2-15-3-5-16/h7-8,15H,1-6,9H2. The van der Waals surface area contributed by atoms with Crippen LogP contribution in [0.5, 0.6) is 5.75 Å². The third-order valence-electron chi connectivity index (χ3n) is 3.46. The number of ether oxygens (including phenoxy) is 1. The topological polar surface area (TPSA) is 24.5 Å². The molecule has 1 saturated heterocycles. The molecule has 0 bridgehead atoms. The summed E-state index contributed by atoms with van der Waals surface area (Å²) in [6, 6.07) is 3.51. The van der Waals surface area contributed by atoms with Crippen LogP contribution in [0.3, 0.4) is 0 Å². The van der Waals surface area contributed by atoms with Crippen LogP contribution in [0.4, 0.5) is 4.39 Å². The summed E-state index contributed by atoms with van der Waals surface area (Å²) in [5.74, 6) is 0.593. The smallest absolute Gasteiger partial charge is 0.131 e. The molecule has 1 aromatic carbocycles. The Labute approximate surface area is 101 Å². The van der Waals surface area contributed by atoms with Gasteiger partial charge in [0.2, 0.25) is 0 Å². The quantitative estimate of drug-likeness (QED) is 0.834. The molecule has 0 atom stereocenters. The third kappa shape index (κ3) is 2.28. The van der Waals surface area contributed by atoms with Crippen LogP contribution in [0.2, 0.25) is 0 Å². The van der Waals surface area contributed by atoms with Gasteiger partial charge >= 0.3 is 0 Å². The lowest BCUT2D eigenvalue weighted by Crippen LogP contribution is -2.43. The van der Waals surface area contributed by atoms with Crippen molar-refractivity contribution in [2.24, 2.45) is 0 Å². The zero-order valence-corrected chi connectivity index (χ0v) is 9.84. The molecule has 1 fully saturated rings. The molecule has 92 valence electrons. The van der Waals surface area contributed by atoms with E-state index in [1.54, 1.807) is 6.07 Å². The number of nitrogens with one attached hydrogen (secondary N) is 1. The van der Waals surface area contributed by atoms with Gasteiger partial charge in [-0.25, -0.2) is 4.39 Å². The summed E-state index contributed by atoms with van der Waals surface area (Å²) >= 11 is 0. The molecule has 0 amide bonds. The Bertz CT molecular complexity index is 416. The van der Waals surface area contributed by atoms with E-state index in [1.807, 2.05) is 6.07 Å². The number of nitrogens with zero attached hydrogens (tertiary/aromatic N) is 1. The Hall–Kier alpha value is -1.13. The number of piperazine rings is 1. The number of hydrogen-bond acceptors (Lipinski definition) is 3. The fourth-order valence-corrected chi connectivity index (χ4v) is 2.48. The van der Waals surface area contributed by atoms with Crippen molar-refractivity contribution in [2.75, 3.05) is 32.8 Å². The van der Waals surface area contributed by atoms with Gasteiger partial charge in [-0.05, 0) is 11.6 Å². The lowest BCUT2D eigenvalue weighted by molar-refractivity contribution is 0.230. The van der Waals surface area contributed by atoms with E-state index >= 15 is 0 Å². The van der Waals surface area contributed by atoms with Crippen LogP contribution in [0, 0.1) is 5.82 Å². The molecule has 2 aliphatic rings. The Morgan fingerprint density at radius 3 is 2.94 bits per heavy atom. The molecular formula is C13H17FN2O. The molecule has 0 aromatic heterocycles.